The van der Waals surface area contributed by atoms with Crippen molar-refractivity contribution in [3.05, 3.63) is 29.8 Å². The number of likely N-dealkylation sites (N-methyl/N-ethyl adjacent to an activating group) is 1. The summed E-state index contributed by atoms with van der Waals surface area (Å²) >= 11 is 0. The molecule has 0 radical (unpaired) electrons. The predicted molar refractivity (Wildman–Crippen MR) is 97.5 cm³/mol. The number of carbonyl (C=O) groups excluding carboxylic acids is 3. The van der Waals surface area contributed by atoms with Gasteiger partial charge >= 0.3 is 0 Å². The molecule has 0 saturated carbocycles. The second-order valence-electron chi connectivity index (χ2n) is 7.31. The van der Waals surface area contributed by atoms with Crippen LogP contribution in [0.2, 0.25) is 0 Å². The smallest absolute Gasteiger partial charge is 0.254 e. The Labute approximate surface area is 149 Å². The van der Waals surface area contributed by atoms with Crippen LogP contribution in [0.3, 0.4) is 0 Å². The van der Waals surface area contributed by atoms with E-state index in [1.807, 2.05) is 27.7 Å². The fourth-order valence-electron chi connectivity index (χ4n) is 2.85. The Bertz CT molecular complexity index is 647. The van der Waals surface area contributed by atoms with Gasteiger partial charge in [-0.25, -0.2) is 0 Å². The number of amides is 3. The molecule has 0 spiro atoms. The van der Waals surface area contributed by atoms with Gasteiger partial charge in [-0.15, -0.1) is 0 Å². The van der Waals surface area contributed by atoms with E-state index in [0.29, 0.717) is 18.5 Å². The number of benzene rings is 1. The number of nitrogens with zero attached hydrogens (tertiary/aromatic N) is 2. The van der Waals surface area contributed by atoms with Crippen molar-refractivity contribution in [2.75, 3.05) is 24.5 Å². The van der Waals surface area contributed by atoms with Gasteiger partial charge in [0.1, 0.15) is 0 Å². The SMILES string of the molecule is CCN(CC(=O)NC(C)(C)C)C(=O)c1ccc(N2CCCC2=O)cc1. The summed E-state index contributed by atoms with van der Waals surface area (Å²) in [4.78, 5) is 39.8. The molecule has 1 saturated heterocycles. The summed E-state index contributed by atoms with van der Waals surface area (Å²) in [6.07, 6.45) is 1.44. The van der Waals surface area contributed by atoms with Gasteiger partial charge in [-0.2, -0.15) is 0 Å². The Balaban J connectivity index is 2.04. The second-order valence-corrected chi connectivity index (χ2v) is 7.31. The highest BCUT2D eigenvalue weighted by Gasteiger charge is 2.23. The van der Waals surface area contributed by atoms with Gasteiger partial charge in [0.05, 0.1) is 6.54 Å². The lowest BCUT2D eigenvalue weighted by atomic mass is 10.1. The van der Waals surface area contributed by atoms with E-state index in [2.05, 4.69) is 5.32 Å². The fourth-order valence-corrected chi connectivity index (χ4v) is 2.85. The molecule has 0 atom stereocenters. The molecule has 1 fully saturated rings. The van der Waals surface area contributed by atoms with Crippen molar-refractivity contribution in [1.82, 2.24) is 10.2 Å². The number of nitrogens with one attached hydrogen (secondary N) is 1. The van der Waals surface area contributed by atoms with E-state index in [1.165, 1.54) is 4.90 Å². The molecule has 1 aromatic rings. The maximum Gasteiger partial charge on any atom is 0.254 e. The van der Waals surface area contributed by atoms with Crippen molar-refractivity contribution < 1.29 is 14.4 Å². The molecule has 1 heterocycles. The van der Waals surface area contributed by atoms with E-state index in [0.717, 1.165) is 18.7 Å². The van der Waals surface area contributed by atoms with Crippen LogP contribution < -0.4 is 10.2 Å². The van der Waals surface area contributed by atoms with Crippen LogP contribution in [-0.2, 0) is 9.59 Å². The van der Waals surface area contributed by atoms with Gasteiger partial charge in [0.25, 0.3) is 5.91 Å². The van der Waals surface area contributed by atoms with Crippen molar-refractivity contribution >= 4 is 23.4 Å². The standard InChI is InChI=1S/C19H27N3O3/c1-5-21(13-16(23)20-19(2,3)4)18(25)14-8-10-15(11-9-14)22-12-6-7-17(22)24/h8-11H,5-7,12-13H2,1-4H3,(H,20,23). The van der Waals surface area contributed by atoms with Crippen LogP contribution in [0, 0.1) is 0 Å². The zero-order valence-electron chi connectivity index (χ0n) is 15.5. The van der Waals surface area contributed by atoms with E-state index in [4.69, 9.17) is 0 Å². The Morgan fingerprint density at radius 1 is 1.20 bits per heavy atom. The van der Waals surface area contributed by atoms with Gasteiger partial charge in [-0.3, -0.25) is 14.4 Å². The zero-order valence-corrected chi connectivity index (χ0v) is 15.5. The molecule has 1 aliphatic heterocycles. The summed E-state index contributed by atoms with van der Waals surface area (Å²) in [7, 11) is 0. The van der Waals surface area contributed by atoms with Crippen LogP contribution in [0.15, 0.2) is 24.3 Å². The van der Waals surface area contributed by atoms with E-state index in [9.17, 15) is 14.4 Å². The largest absolute Gasteiger partial charge is 0.350 e. The lowest BCUT2D eigenvalue weighted by Crippen LogP contribution is -2.47. The lowest BCUT2D eigenvalue weighted by Gasteiger charge is -2.25. The van der Waals surface area contributed by atoms with Gasteiger partial charge < -0.3 is 15.1 Å². The highest BCUT2D eigenvalue weighted by atomic mass is 16.2. The monoisotopic (exact) mass is 345 g/mol. The minimum Gasteiger partial charge on any atom is -0.350 e. The van der Waals surface area contributed by atoms with Gasteiger partial charge in [0.15, 0.2) is 0 Å². The third kappa shape index (κ3) is 5.05. The van der Waals surface area contributed by atoms with Crippen molar-refractivity contribution in [1.29, 1.82) is 0 Å². The van der Waals surface area contributed by atoms with Crippen LogP contribution in [-0.4, -0.2) is 47.8 Å². The summed E-state index contributed by atoms with van der Waals surface area (Å²) in [5, 5.41) is 2.86. The molecule has 3 amide bonds. The van der Waals surface area contributed by atoms with Crippen molar-refractivity contribution in [2.45, 2.75) is 46.1 Å². The molecule has 6 nitrogen and oxygen atoms in total. The molecule has 1 aliphatic rings. The van der Waals surface area contributed by atoms with Crippen molar-refractivity contribution in [3.8, 4) is 0 Å². The summed E-state index contributed by atoms with van der Waals surface area (Å²) < 4.78 is 0. The minimum absolute atomic E-state index is 0.0268. The highest BCUT2D eigenvalue weighted by Crippen LogP contribution is 2.22. The van der Waals surface area contributed by atoms with Crippen LogP contribution in [0.25, 0.3) is 0 Å². The first-order chi connectivity index (χ1) is 11.7. The Hall–Kier alpha value is -2.37. The van der Waals surface area contributed by atoms with Crippen molar-refractivity contribution in [2.24, 2.45) is 0 Å². The van der Waals surface area contributed by atoms with E-state index in [1.54, 1.807) is 29.2 Å². The molecular formula is C19H27N3O3. The molecule has 0 unspecified atom stereocenters. The average Bonchev–Trinajstić information content (AvgIpc) is 2.96. The van der Waals surface area contributed by atoms with Gasteiger partial charge in [0, 0.05) is 36.3 Å². The molecular weight excluding hydrogens is 318 g/mol. The fraction of sp³-hybridized carbons (Fsp3) is 0.526. The molecule has 6 heteroatoms. The molecule has 1 N–H and O–H groups in total. The summed E-state index contributed by atoms with van der Waals surface area (Å²) in [5.41, 5.74) is 0.997. The molecule has 0 bridgehead atoms. The number of rotatable bonds is 5. The molecule has 136 valence electrons. The first kappa shape index (κ1) is 19.0. The van der Waals surface area contributed by atoms with E-state index >= 15 is 0 Å². The zero-order chi connectivity index (χ0) is 18.6. The molecule has 0 aliphatic carbocycles. The van der Waals surface area contributed by atoms with E-state index in [-0.39, 0.29) is 29.8 Å². The quantitative estimate of drug-likeness (QED) is 0.889. The Morgan fingerprint density at radius 2 is 1.84 bits per heavy atom. The maximum atomic E-state index is 12.6. The summed E-state index contributed by atoms with van der Waals surface area (Å²) in [6, 6.07) is 7.01. The molecule has 2 rings (SSSR count). The highest BCUT2D eigenvalue weighted by molar-refractivity contribution is 5.98. The molecule has 25 heavy (non-hydrogen) atoms. The van der Waals surface area contributed by atoms with Gasteiger partial charge in [0.2, 0.25) is 11.8 Å². The minimum atomic E-state index is -0.330. The third-order valence-electron chi connectivity index (χ3n) is 4.02. The molecule has 0 aromatic heterocycles. The average molecular weight is 345 g/mol. The summed E-state index contributed by atoms with van der Waals surface area (Å²) in [5.74, 6) is -0.249. The topological polar surface area (TPSA) is 69.7 Å². The second kappa shape index (κ2) is 7.68. The lowest BCUT2D eigenvalue weighted by molar-refractivity contribution is -0.123. The summed E-state index contributed by atoms with van der Waals surface area (Å²) in [6.45, 7) is 8.76. The normalized spacial score (nSPS) is 14.6. The van der Waals surface area contributed by atoms with Gasteiger partial charge in [-0.05, 0) is 58.4 Å². The third-order valence-corrected chi connectivity index (χ3v) is 4.02. The predicted octanol–water partition coefficient (Wildman–Crippen LogP) is 2.19. The van der Waals surface area contributed by atoms with Crippen LogP contribution in [0.1, 0.15) is 50.9 Å². The Kier molecular flexibility index (Phi) is 5.82. The first-order valence-electron chi connectivity index (χ1n) is 8.72. The first-order valence-corrected chi connectivity index (χ1v) is 8.72. The number of carbonyl (C=O) groups is 3. The molecule has 1 aromatic carbocycles. The van der Waals surface area contributed by atoms with Crippen LogP contribution in [0.4, 0.5) is 5.69 Å². The number of hydrogen-bond acceptors (Lipinski definition) is 3. The van der Waals surface area contributed by atoms with Crippen LogP contribution >= 0.6 is 0 Å². The Morgan fingerprint density at radius 3 is 2.32 bits per heavy atom. The number of hydrogen-bond donors (Lipinski definition) is 1. The van der Waals surface area contributed by atoms with Crippen molar-refractivity contribution in [3.63, 3.8) is 0 Å². The maximum absolute atomic E-state index is 12.6. The van der Waals surface area contributed by atoms with Gasteiger partial charge in [-0.1, -0.05) is 0 Å². The number of anilines is 1. The van der Waals surface area contributed by atoms with E-state index < -0.39 is 0 Å². The van der Waals surface area contributed by atoms with Crippen LogP contribution in [0.5, 0.6) is 0 Å².